The van der Waals surface area contributed by atoms with Gasteiger partial charge >= 0.3 is 0 Å². The van der Waals surface area contributed by atoms with Crippen LogP contribution in [0.4, 0.5) is 0 Å². The van der Waals surface area contributed by atoms with Gasteiger partial charge in [0.15, 0.2) is 5.78 Å². The molecule has 1 aliphatic rings. The average Bonchev–Trinajstić information content (AvgIpc) is 3.34. The SMILES string of the molecule is CCSC(=O)/C(=C/CCCC1CC1C(=O)c1ccccc1)CC. The molecule has 0 heterocycles. The molecule has 1 fully saturated rings. The summed E-state index contributed by atoms with van der Waals surface area (Å²) >= 11 is 1.39. The van der Waals surface area contributed by atoms with Crippen molar-refractivity contribution in [1.82, 2.24) is 0 Å². The van der Waals surface area contributed by atoms with E-state index >= 15 is 0 Å². The van der Waals surface area contributed by atoms with Crippen molar-refractivity contribution >= 4 is 22.7 Å². The van der Waals surface area contributed by atoms with Gasteiger partial charge in [-0.2, -0.15) is 0 Å². The van der Waals surface area contributed by atoms with Gasteiger partial charge in [-0.3, -0.25) is 9.59 Å². The van der Waals surface area contributed by atoms with Gasteiger partial charge in [0.25, 0.3) is 0 Å². The lowest BCUT2D eigenvalue weighted by atomic mass is 10.0. The Morgan fingerprint density at radius 1 is 1.22 bits per heavy atom. The molecule has 0 saturated heterocycles. The van der Waals surface area contributed by atoms with Crippen LogP contribution in [0.25, 0.3) is 0 Å². The van der Waals surface area contributed by atoms with E-state index in [1.807, 2.05) is 44.2 Å². The van der Waals surface area contributed by atoms with Crippen LogP contribution in [0.3, 0.4) is 0 Å². The standard InChI is InChI=1S/C20H26O2S/c1-3-15(20(22)23-4-2)10-8-9-13-17-14-18(17)19(21)16-11-6-5-7-12-16/h5-7,10-12,17-18H,3-4,8-9,13-14H2,1-2H3/b15-10+. The molecule has 1 aromatic carbocycles. The second-order valence-electron chi connectivity index (χ2n) is 6.07. The number of hydrogen-bond donors (Lipinski definition) is 0. The van der Waals surface area contributed by atoms with Crippen molar-refractivity contribution in [3.05, 3.63) is 47.5 Å². The number of thioether (sulfide) groups is 1. The summed E-state index contributed by atoms with van der Waals surface area (Å²) < 4.78 is 0. The fourth-order valence-electron chi connectivity index (χ4n) is 2.96. The minimum absolute atomic E-state index is 0.221. The van der Waals surface area contributed by atoms with Gasteiger partial charge in [0.2, 0.25) is 5.12 Å². The van der Waals surface area contributed by atoms with Gasteiger partial charge < -0.3 is 0 Å². The van der Waals surface area contributed by atoms with Crippen LogP contribution in [0.5, 0.6) is 0 Å². The Kier molecular flexibility index (Phi) is 7.10. The predicted octanol–water partition coefficient (Wildman–Crippen LogP) is 5.29. The monoisotopic (exact) mass is 330 g/mol. The molecule has 124 valence electrons. The molecule has 3 heteroatoms. The summed E-state index contributed by atoms with van der Waals surface area (Å²) in [5.41, 5.74) is 1.79. The summed E-state index contributed by atoms with van der Waals surface area (Å²) in [5, 5.41) is 0.221. The number of benzene rings is 1. The second kappa shape index (κ2) is 9.07. The van der Waals surface area contributed by atoms with Crippen molar-refractivity contribution in [2.75, 3.05) is 5.75 Å². The molecule has 2 rings (SSSR count). The predicted molar refractivity (Wildman–Crippen MR) is 97.7 cm³/mol. The Morgan fingerprint density at radius 2 is 1.96 bits per heavy atom. The molecule has 0 aromatic heterocycles. The first-order chi connectivity index (χ1) is 11.2. The van der Waals surface area contributed by atoms with Crippen molar-refractivity contribution in [2.24, 2.45) is 11.8 Å². The van der Waals surface area contributed by atoms with E-state index < -0.39 is 0 Å². The van der Waals surface area contributed by atoms with Gasteiger partial charge in [0.05, 0.1) is 0 Å². The Morgan fingerprint density at radius 3 is 2.61 bits per heavy atom. The molecule has 0 amide bonds. The van der Waals surface area contributed by atoms with Crippen LogP contribution in [-0.4, -0.2) is 16.7 Å². The van der Waals surface area contributed by atoms with Gasteiger partial charge in [0.1, 0.15) is 0 Å². The second-order valence-corrected chi connectivity index (χ2v) is 7.30. The molecule has 0 aliphatic heterocycles. The Hall–Kier alpha value is -1.35. The molecular formula is C20H26O2S. The number of Topliss-reactive ketones (excluding diaryl/α,β-unsaturated/α-hetero) is 1. The molecular weight excluding hydrogens is 304 g/mol. The summed E-state index contributed by atoms with van der Waals surface area (Å²) in [4.78, 5) is 24.2. The van der Waals surface area contributed by atoms with Crippen molar-refractivity contribution in [1.29, 1.82) is 0 Å². The molecule has 0 N–H and O–H groups in total. The maximum absolute atomic E-state index is 12.3. The first-order valence-electron chi connectivity index (χ1n) is 8.62. The number of allylic oxidation sites excluding steroid dienone is 1. The highest BCUT2D eigenvalue weighted by Gasteiger charge is 2.42. The van der Waals surface area contributed by atoms with Crippen LogP contribution in [0, 0.1) is 11.8 Å². The Labute approximate surface area is 143 Å². The largest absolute Gasteiger partial charge is 0.294 e. The van der Waals surface area contributed by atoms with Crippen LogP contribution in [0.2, 0.25) is 0 Å². The van der Waals surface area contributed by atoms with Gasteiger partial charge in [0, 0.05) is 17.1 Å². The Balaban J connectivity index is 1.72. The smallest absolute Gasteiger partial charge is 0.214 e. The van der Waals surface area contributed by atoms with Crippen LogP contribution >= 0.6 is 11.8 Å². The highest BCUT2D eigenvalue weighted by molar-refractivity contribution is 8.14. The molecule has 0 radical (unpaired) electrons. The van der Waals surface area contributed by atoms with E-state index in [4.69, 9.17) is 0 Å². The van der Waals surface area contributed by atoms with Crippen molar-refractivity contribution in [3.8, 4) is 0 Å². The average molecular weight is 330 g/mol. The van der Waals surface area contributed by atoms with Gasteiger partial charge in [-0.25, -0.2) is 0 Å². The number of unbranched alkanes of at least 4 members (excludes halogenated alkanes) is 1. The van der Waals surface area contributed by atoms with Crippen LogP contribution in [0.15, 0.2) is 42.0 Å². The summed E-state index contributed by atoms with van der Waals surface area (Å²) in [6.45, 7) is 4.04. The highest BCUT2D eigenvalue weighted by Crippen LogP contribution is 2.44. The lowest BCUT2D eigenvalue weighted by molar-refractivity contribution is -0.108. The molecule has 2 atom stereocenters. The Bertz CT molecular complexity index is 562. The number of ketones is 1. The van der Waals surface area contributed by atoms with E-state index in [2.05, 4.69) is 6.08 Å². The van der Waals surface area contributed by atoms with E-state index in [0.717, 1.165) is 49.0 Å². The van der Waals surface area contributed by atoms with E-state index in [9.17, 15) is 9.59 Å². The number of rotatable bonds is 9. The first-order valence-corrected chi connectivity index (χ1v) is 9.61. The van der Waals surface area contributed by atoms with E-state index in [1.54, 1.807) is 0 Å². The van der Waals surface area contributed by atoms with Crippen molar-refractivity contribution < 1.29 is 9.59 Å². The van der Waals surface area contributed by atoms with E-state index in [0.29, 0.717) is 11.7 Å². The maximum atomic E-state index is 12.3. The first kappa shape index (κ1) is 18.0. The zero-order valence-corrected chi connectivity index (χ0v) is 14.9. The normalized spacial score (nSPS) is 20.3. The maximum Gasteiger partial charge on any atom is 0.214 e. The minimum atomic E-state index is 0.221. The summed E-state index contributed by atoms with van der Waals surface area (Å²) in [5.74, 6) is 1.91. The molecule has 0 spiro atoms. The van der Waals surface area contributed by atoms with Crippen LogP contribution in [-0.2, 0) is 4.79 Å². The lowest BCUT2D eigenvalue weighted by Crippen LogP contribution is -2.03. The van der Waals surface area contributed by atoms with Gasteiger partial charge in [-0.05, 0) is 43.8 Å². The fourth-order valence-corrected chi connectivity index (χ4v) is 3.63. The van der Waals surface area contributed by atoms with Crippen molar-refractivity contribution in [3.63, 3.8) is 0 Å². The molecule has 1 saturated carbocycles. The number of carbonyl (C=O) groups excluding carboxylic acids is 2. The quantitative estimate of drug-likeness (QED) is 0.350. The zero-order chi connectivity index (χ0) is 16.7. The molecule has 1 aromatic rings. The third-order valence-corrected chi connectivity index (χ3v) is 5.22. The third kappa shape index (κ3) is 5.35. The van der Waals surface area contributed by atoms with Gasteiger partial charge in [-0.15, -0.1) is 0 Å². The molecule has 0 bridgehead atoms. The molecule has 2 nitrogen and oxygen atoms in total. The summed E-state index contributed by atoms with van der Waals surface area (Å²) in [6.07, 6.45) is 7.04. The van der Waals surface area contributed by atoms with Crippen LogP contribution in [0.1, 0.15) is 56.3 Å². The minimum Gasteiger partial charge on any atom is -0.294 e. The molecule has 1 aliphatic carbocycles. The third-order valence-electron chi connectivity index (χ3n) is 4.41. The number of hydrogen-bond acceptors (Lipinski definition) is 3. The molecule has 2 unspecified atom stereocenters. The molecule has 23 heavy (non-hydrogen) atoms. The zero-order valence-electron chi connectivity index (χ0n) is 14.1. The van der Waals surface area contributed by atoms with Gasteiger partial charge in [-0.1, -0.05) is 62.0 Å². The van der Waals surface area contributed by atoms with E-state index in [-0.39, 0.29) is 11.0 Å². The lowest BCUT2D eigenvalue weighted by Gasteiger charge is -2.03. The topological polar surface area (TPSA) is 34.1 Å². The van der Waals surface area contributed by atoms with Crippen molar-refractivity contribution in [2.45, 2.75) is 46.0 Å². The van der Waals surface area contributed by atoms with Crippen LogP contribution < -0.4 is 0 Å². The summed E-state index contributed by atoms with van der Waals surface area (Å²) in [7, 11) is 0. The number of carbonyl (C=O) groups is 2. The summed E-state index contributed by atoms with van der Waals surface area (Å²) in [6, 6.07) is 9.60. The van der Waals surface area contributed by atoms with E-state index in [1.165, 1.54) is 11.8 Å². The highest BCUT2D eigenvalue weighted by atomic mass is 32.2. The fraction of sp³-hybridized carbons (Fsp3) is 0.500.